The van der Waals surface area contributed by atoms with Gasteiger partial charge in [0.15, 0.2) is 0 Å². The monoisotopic (exact) mass is 377 g/mol. The van der Waals surface area contributed by atoms with Crippen molar-refractivity contribution in [3.05, 3.63) is 55.7 Å². The molecule has 3 aromatic rings. The van der Waals surface area contributed by atoms with Gasteiger partial charge in [-0.25, -0.2) is 4.98 Å². The zero-order valence-corrected chi connectivity index (χ0v) is 15.0. The third-order valence-corrected chi connectivity index (χ3v) is 5.11. The largest absolute Gasteiger partial charge is 0.481 e. The van der Waals surface area contributed by atoms with Crippen molar-refractivity contribution >= 4 is 38.2 Å². The number of rotatable bonds is 3. The summed E-state index contributed by atoms with van der Waals surface area (Å²) in [6.45, 7) is 4.06. The Morgan fingerprint density at radius 2 is 1.95 bits per heavy atom. The van der Waals surface area contributed by atoms with Gasteiger partial charge >= 0.3 is 0 Å². The van der Waals surface area contributed by atoms with Crippen LogP contribution >= 0.6 is 27.3 Å². The first-order valence-electron chi connectivity index (χ1n) is 6.89. The molecule has 0 bridgehead atoms. The van der Waals surface area contributed by atoms with Crippen LogP contribution in [0, 0.1) is 13.8 Å². The second-order valence-corrected chi connectivity index (χ2v) is 7.57. The zero-order chi connectivity index (χ0) is 15.9. The van der Waals surface area contributed by atoms with Crippen LogP contribution in [0.1, 0.15) is 27.0 Å². The minimum absolute atomic E-state index is 0.463. The van der Waals surface area contributed by atoms with E-state index in [9.17, 15) is 5.11 Å². The Morgan fingerprint density at radius 1 is 1.18 bits per heavy atom. The Hall–Kier alpha value is -1.43. The van der Waals surface area contributed by atoms with E-state index >= 15 is 0 Å². The quantitative estimate of drug-likeness (QED) is 0.714. The summed E-state index contributed by atoms with van der Waals surface area (Å²) < 4.78 is 6.37. The summed E-state index contributed by atoms with van der Waals surface area (Å²) in [5.74, 6) is 0.463. The van der Waals surface area contributed by atoms with E-state index in [2.05, 4.69) is 20.9 Å². The van der Waals surface area contributed by atoms with Crippen LogP contribution in [0.4, 0.5) is 0 Å². The number of nitrogens with zero attached hydrogens (tertiary/aromatic N) is 1. The Labute approximate surface area is 141 Å². The highest BCUT2D eigenvalue weighted by atomic mass is 79.9. The average Bonchev–Trinajstić information content (AvgIpc) is 2.83. The summed E-state index contributed by atoms with van der Waals surface area (Å²) in [7, 11) is 1.58. The SMILES string of the molecule is COc1nc2ccc(Br)cc2cc1C(O)c1cc(C)sc1C. The molecule has 0 fully saturated rings. The summed E-state index contributed by atoms with van der Waals surface area (Å²) in [6, 6.07) is 9.83. The standard InChI is InChI=1S/C17H16BrNO2S/c1-9-6-13(10(2)22-9)16(20)14-8-11-7-12(18)4-5-15(11)19-17(14)21-3/h4-8,16,20H,1-3H3. The average molecular weight is 378 g/mol. The van der Waals surface area contributed by atoms with Gasteiger partial charge in [0.25, 0.3) is 0 Å². The van der Waals surface area contributed by atoms with Gasteiger partial charge in [0.1, 0.15) is 6.10 Å². The molecule has 0 saturated carbocycles. The first-order valence-corrected chi connectivity index (χ1v) is 8.49. The molecule has 114 valence electrons. The van der Waals surface area contributed by atoms with Gasteiger partial charge in [-0.2, -0.15) is 0 Å². The predicted molar refractivity (Wildman–Crippen MR) is 93.8 cm³/mol. The van der Waals surface area contributed by atoms with E-state index in [1.54, 1.807) is 18.4 Å². The smallest absolute Gasteiger partial charge is 0.219 e. The van der Waals surface area contributed by atoms with Crippen molar-refractivity contribution in [2.45, 2.75) is 20.0 Å². The highest BCUT2D eigenvalue weighted by Gasteiger charge is 2.21. The van der Waals surface area contributed by atoms with Crippen molar-refractivity contribution in [3.8, 4) is 5.88 Å². The number of ether oxygens (including phenoxy) is 1. The Balaban J connectivity index is 2.17. The van der Waals surface area contributed by atoms with Crippen LogP contribution in [0.3, 0.4) is 0 Å². The molecule has 0 spiro atoms. The number of benzene rings is 1. The van der Waals surface area contributed by atoms with E-state index in [4.69, 9.17) is 4.74 Å². The van der Waals surface area contributed by atoms with Crippen LogP contribution in [-0.4, -0.2) is 17.2 Å². The van der Waals surface area contributed by atoms with Crippen molar-refractivity contribution in [1.29, 1.82) is 0 Å². The van der Waals surface area contributed by atoms with Crippen LogP contribution in [0.15, 0.2) is 34.8 Å². The lowest BCUT2D eigenvalue weighted by molar-refractivity contribution is 0.213. The molecular weight excluding hydrogens is 362 g/mol. The number of fused-ring (bicyclic) bond motifs is 1. The number of methoxy groups -OCH3 is 1. The Morgan fingerprint density at radius 3 is 2.59 bits per heavy atom. The summed E-state index contributed by atoms with van der Waals surface area (Å²) >= 11 is 5.15. The van der Waals surface area contributed by atoms with E-state index in [0.717, 1.165) is 25.8 Å². The van der Waals surface area contributed by atoms with E-state index in [1.165, 1.54) is 4.88 Å². The summed E-state index contributed by atoms with van der Waals surface area (Å²) in [6.07, 6.45) is -0.740. The number of thiophene rings is 1. The third kappa shape index (κ3) is 2.76. The molecule has 0 aliphatic carbocycles. The normalized spacial score (nSPS) is 12.6. The lowest BCUT2D eigenvalue weighted by Gasteiger charge is -2.15. The fourth-order valence-corrected chi connectivity index (χ4v) is 3.93. The third-order valence-electron chi connectivity index (χ3n) is 3.63. The second-order valence-electron chi connectivity index (χ2n) is 5.20. The molecule has 3 rings (SSSR count). The topological polar surface area (TPSA) is 42.4 Å². The molecule has 0 aliphatic rings. The molecule has 0 saturated heterocycles. The summed E-state index contributed by atoms with van der Waals surface area (Å²) in [4.78, 5) is 6.81. The highest BCUT2D eigenvalue weighted by Crippen LogP contribution is 2.36. The maximum Gasteiger partial charge on any atom is 0.219 e. The molecule has 1 aromatic carbocycles. The van der Waals surface area contributed by atoms with Crippen molar-refractivity contribution in [2.24, 2.45) is 0 Å². The van der Waals surface area contributed by atoms with E-state index in [-0.39, 0.29) is 0 Å². The molecule has 1 unspecified atom stereocenters. The molecular formula is C17H16BrNO2S. The lowest BCUT2D eigenvalue weighted by atomic mass is 10.0. The number of pyridine rings is 1. The van der Waals surface area contributed by atoms with Crippen LogP contribution in [0.5, 0.6) is 5.88 Å². The zero-order valence-electron chi connectivity index (χ0n) is 12.6. The van der Waals surface area contributed by atoms with Gasteiger partial charge < -0.3 is 9.84 Å². The van der Waals surface area contributed by atoms with E-state index in [1.807, 2.05) is 44.2 Å². The molecule has 0 aliphatic heterocycles. The minimum Gasteiger partial charge on any atom is -0.481 e. The number of aliphatic hydroxyl groups excluding tert-OH is 1. The van der Waals surface area contributed by atoms with Crippen molar-refractivity contribution < 1.29 is 9.84 Å². The molecule has 5 heteroatoms. The molecule has 0 amide bonds. The fraction of sp³-hybridized carbons (Fsp3) is 0.235. The fourth-order valence-electron chi connectivity index (χ4n) is 2.59. The lowest BCUT2D eigenvalue weighted by Crippen LogP contribution is -2.04. The van der Waals surface area contributed by atoms with Crippen molar-refractivity contribution in [2.75, 3.05) is 7.11 Å². The highest BCUT2D eigenvalue weighted by molar-refractivity contribution is 9.10. The molecule has 1 N–H and O–H groups in total. The Bertz CT molecular complexity index is 844. The molecule has 2 heterocycles. The van der Waals surface area contributed by atoms with Crippen LogP contribution in [0.2, 0.25) is 0 Å². The molecule has 0 radical (unpaired) electrons. The van der Waals surface area contributed by atoms with Gasteiger partial charge in [-0.15, -0.1) is 11.3 Å². The van der Waals surface area contributed by atoms with Gasteiger partial charge in [0.05, 0.1) is 12.6 Å². The molecule has 3 nitrogen and oxygen atoms in total. The Kier molecular flexibility index (Phi) is 4.21. The summed E-state index contributed by atoms with van der Waals surface area (Å²) in [5.41, 5.74) is 2.44. The van der Waals surface area contributed by atoms with E-state index < -0.39 is 6.10 Å². The van der Waals surface area contributed by atoms with E-state index in [0.29, 0.717) is 11.4 Å². The molecule has 1 atom stereocenters. The first-order chi connectivity index (χ1) is 10.5. The number of aliphatic hydroxyl groups is 1. The maximum absolute atomic E-state index is 10.8. The summed E-state index contributed by atoms with van der Waals surface area (Å²) in [5, 5.41) is 11.8. The number of hydrogen-bond acceptors (Lipinski definition) is 4. The van der Waals surface area contributed by atoms with Crippen LogP contribution in [0.25, 0.3) is 10.9 Å². The number of halogens is 1. The van der Waals surface area contributed by atoms with Crippen molar-refractivity contribution in [1.82, 2.24) is 4.98 Å². The van der Waals surface area contributed by atoms with Gasteiger partial charge in [-0.05, 0) is 49.7 Å². The van der Waals surface area contributed by atoms with Crippen molar-refractivity contribution in [3.63, 3.8) is 0 Å². The number of aromatic nitrogens is 1. The van der Waals surface area contributed by atoms with Gasteiger partial charge in [0.2, 0.25) is 5.88 Å². The predicted octanol–water partition coefficient (Wildman–Crippen LogP) is 4.77. The maximum atomic E-state index is 10.8. The number of aryl methyl sites for hydroxylation is 2. The van der Waals surface area contributed by atoms with Crippen LogP contribution < -0.4 is 4.74 Å². The minimum atomic E-state index is -0.740. The molecule has 22 heavy (non-hydrogen) atoms. The van der Waals surface area contributed by atoms with Crippen LogP contribution in [-0.2, 0) is 0 Å². The van der Waals surface area contributed by atoms with Gasteiger partial charge in [-0.1, -0.05) is 15.9 Å². The number of hydrogen-bond donors (Lipinski definition) is 1. The second kappa shape index (κ2) is 5.99. The van der Waals surface area contributed by atoms with Gasteiger partial charge in [0, 0.05) is 25.2 Å². The van der Waals surface area contributed by atoms with Gasteiger partial charge in [-0.3, -0.25) is 0 Å². The first kappa shape index (κ1) is 15.5. The molecule has 2 aromatic heterocycles.